The van der Waals surface area contributed by atoms with Gasteiger partial charge >= 0.3 is 0 Å². The number of hydrogen-bond donors (Lipinski definition) is 0. The summed E-state index contributed by atoms with van der Waals surface area (Å²) in [4.78, 5) is 11.8. The molecular weight excluding hydrogens is 226 g/mol. The fraction of sp³-hybridized carbons (Fsp3) is 0. The lowest BCUT2D eigenvalue weighted by Crippen LogP contribution is -2.16. The highest BCUT2D eigenvalue weighted by Gasteiger charge is 2.11. The van der Waals surface area contributed by atoms with Crippen LogP contribution in [-0.4, -0.2) is 21.2 Å². The molecule has 0 fully saturated rings. The Morgan fingerprint density at radius 3 is 3.00 bits per heavy atom. The summed E-state index contributed by atoms with van der Waals surface area (Å²) in [6, 6.07) is 3.92. The second-order valence-corrected chi connectivity index (χ2v) is 4.29. The highest BCUT2D eigenvalue weighted by Crippen LogP contribution is 2.10. The maximum absolute atomic E-state index is 11.8. The predicted molar refractivity (Wildman–Crippen MR) is 64.7 cm³/mol. The first-order valence-electron chi connectivity index (χ1n) is 5.60. The third-order valence-corrected chi connectivity index (χ3v) is 3.26. The number of rotatable bonds is 0. The number of fused-ring (bicyclic) bond motifs is 3. The third-order valence-electron chi connectivity index (χ3n) is 3.26. The first-order valence-corrected chi connectivity index (χ1v) is 5.60. The molecule has 1 aromatic carbocycles. The van der Waals surface area contributed by atoms with Crippen LogP contribution in [0, 0.1) is 10.4 Å². The van der Waals surface area contributed by atoms with Crippen molar-refractivity contribution in [2.45, 2.75) is 0 Å². The van der Waals surface area contributed by atoms with Gasteiger partial charge in [0, 0.05) is 10.8 Å². The van der Waals surface area contributed by atoms with Gasteiger partial charge in [-0.2, -0.15) is 0 Å². The van der Waals surface area contributed by atoms with Crippen LogP contribution in [0.4, 0.5) is 0 Å². The summed E-state index contributed by atoms with van der Waals surface area (Å²) in [5.41, 5.74) is 1.79. The van der Waals surface area contributed by atoms with Crippen LogP contribution in [0.15, 0.2) is 30.5 Å². The molecule has 0 amide bonds. The Morgan fingerprint density at radius 1 is 1.11 bits per heavy atom. The van der Waals surface area contributed by atoms with Crippen molar-refractivity contribution in [2.24, 2.45) is 0 Å². The Hall–Kier alpha value is -2.62. The Balaban J connectivity index is 2.25. The second-order valence-electron chi connectivity index (χ2n) is 4.29. The molecule has 2 aliphatic rings. The summed E-state index contributed by atoms with van der Waals surface area (Å²) in [6.45, 7) is 0. The van der Waals surface area contributed by atoms with Crippen molar-refractivity contribution >= 4 is 17.9 Å². The van der Waals surface area contributed by atoms with Gasteiger partial charge < -0.3 is 0 Å². The average Bonchev–Trinajstić information content (AvgIpc) is 2.75. The molecule has 0 saturated carbocycles. The van der Waals surface area contributed by atoms with Crippen molar-refractivity contribution in [1.29, 1.82) is 0 Å². The molecule has 0 unspecified atom stereocenters. The molecule has 0 radical (unpaired) electrons. The van der Waals surface area contributed by atoms with Gasteiger partial charge in [0.1, 0.15) is 0 Å². The van der Waals surface area contributed by atoms with Gasteiger partial charge in [-0.3, -0.25) is 4.79 Å². The first-order chi connectivity index (χ1) is 8.83. The van der Waals surface area contributed by atoms with Gasteiger partial charge in [-0.05, 0) is 45.5 Å². The molecule has 4 heteroatoms. The van der Waals surface area contributed by atoms with Gasteiger partial charge in [0.05, 0.1) is 11.5 Å². The molecule has 1 heterocycles. The standard InChI is InChI=1S/C14H7N3O/c18-14-3-1-2-8-4-9-5-13-12(7-15-17-16-13)10(9)6-11(8)14/h1-7H. The monoisotopic (exact) mass is 233 g/mol. The van der Waals surface area contributed by atoms with E-state index in [0.29, 0.717) is 0 Å². The van der Waals surface area contributed by atoms with E-state index in [9.17, 15) is 4.79 Å². The largest absolute Gasteiger partial charge is 0.289 e. The number of hydrogen-bond acceptors (Lipinski definition) is 4. The smallest absolute Gasteiger partial charge is 0.186 e. The van der Waals surface area contributed by atoms with E-state index in [2.05, 4.69) is 15.4 Å². The van der Waals surface area contributed by atoms with Gasteiger partial charge in [-0.1, -0.05) is 12.2 Å². The molecule has 0 atom stereocenters. The van der Waals surface area contributed by atoms with Crippen LogP contribution in [0.5, 0.6) is 0 Å². The van der Waals surface area contributed by atoms with E-state index in [-0.39, 0.29) is 5.78 Å². The Morgan fingerprint density at radius 2 is 2.06 bits per heavy atom. The molecule has 0 bridgehead atoms. The zero-order chi connectivity index (χ0) is 12.1. The molecule has 1 aromatic heterocycles. The molecule has 0 aliphatic heterocycles. The van der Waals surface area contributed by atoms with Crippen LogP contribution in [0.2, 0.25) is 0 Å². The van der Waals surface area contributed by atoms with Gasteiger partial charge in [-0.15, -0.1) is 10.2 Å². The minimum atomic E-state index is 0.0405. The van der Waals surface area contributed by atoms with Gasteiger partial charge in [0.2, 0.25) is 0 Å². The normalized spacial score (nSPS) is 14.3. The molecule has 2 aromatic rings. The number of ketones is 1. The van der Waals surface area contributed by atoms with E-state index in [4.69, 9.17) is 0 Å². The highest BCUT2D eigenvalue weighted by atomic mass is 16.1. The lowest BCUT2D eigenvalue weighted by molar-refractivity contribution is 0.104. The van der Waals surface area contributed by atoms with Crippen molar-refractivity contribution < 1.29 is 4.79 Å². The Labute approximate surface area is 101 Å². The topological polar surface area (TPSA) is 55.7 Å². The van der Waals surface area contributed by atoms with Crippen molar-refractivity contribution in [2.75, 3.05) is 0 Å². The second kappa shape index (κ2) is 3.20. The molecule has 0 spiro atoms. The summed E-state index contributed by atoms with van der Waals surface area (Å²) >= 11 is 0. The summed E-state index contributed by atoms with van der Waals surface area (Å²) in [5, 5.41) is 15.1. The summed E-state index contributed by atoms with van der Waals surface area (Å²) in [7, 11) is 0. The van der Waals surface area contributed by atoms with Crippen molar-refractivity contribution in [3.8, 4) is 0 Å². The maximum atomic E-state index is 11.8. The molecule has 18 heavy (non-hydrogen) atoms. The molecule has 4 nitrogen and oxygen atoms in total. The number of nitrogens with zero attached hydrogens (tertiary/aromatic N) is 3. The summed E-state index contributed by atoms with van der Waals surface area (Å²) in [5.74, 6) is 0.0405. The van der Waals surface area contributed by atoms with Crippen LogP contribution in [0.3, 0.4) is 0 Å². The van der Waals surface area contributed by atoms with Crippen LogP contribution in [0.1, 0.15) is 15.9 Å². The van der Waals surface area contributed by atoms with Crippen LogP contribution in [-0.2, 0) is 0 Å². The van der Waals surface area contributed by atoms with Gasteiger partial charge in [0.15, 0.2) is 5.78 Å². The summed E-state index contributed by atoms with van der Waals surface area (Å²) in [6.07, 6.45) is 8.95. The minimum Gasteiger partial charge on any atom is -0.289 e. The lowest BCUT2D eigenvalue weighted by atomic mass is 9.99. The Bertz CT molecular complexity index is 942. The molecule has 84 valence electrons. The summed E-state index contributed by atoms with van der Waals surface area (Å²) < 4.78 is 0. The number of carbonyl (C=O) groups is 1. The van der Waals surface area contributed by atoms with E-state index in [1.165, 1.54) is 0 Å². The first kappa shape index (κ1) is 9.41. The van der Waals surface area contributed by atoms with Gasteiger partial charge in [-0.25, -0.2) is 0 Å². The zero-order valence-electron chi connectivity index (χ0n) is 9.29. The van der Waals surface area contributed by atoms with Crippen LogP contribution >= 0.6 is 0 Å². The van der Waals surface area contributed by atoms with E-state index >= 15 is 0 Å². The van der Waals surface area contributed by atoms with E-state index in [0.717, 1.165) is 32.1 Å². The van der Waals surface area contributed by atoms with Crippen molar-refractivity contribution in [1.82, 2.24) is 15.4 Å². The third kappa shape index (κ3) is 1.14. The van der Waals surface area contributed by atoms with E-state index in [1.54, 1.807) is 18.3 Å². The van der Waals surface area contributed by atoms with Crippen LogP contribution < -0.4 is 10.6 Å². The molecule has 0 saturated heterocycles. The van der Waals surface area contributed by atoms with E-state index in [1.807, 2.05) is 24.3 Å². The van der Waals surface area contributed by atoms with Crippen LogP contribution in [0.25, 0.3) is 12.2 Å². The fourth-order valence-electron chi connectivity index (χ4n) is 2.41. The van der Waals surface area contributed by atoms with Crippen molar-refractivity contribution in [3.05, 3.63) is 62.6 Å². The molecular formula is C14H7N3O. The molecule has 2 aliphatic carbocycles. The Kier molecular flexibility index (Phi) is 1.67. The minimum absolute atomic E-state index is 0.0405. The quantitative estimate of drug-likeness (QED) is 0.541. The number of carbonyl (C=O) groups excluding carboxylic acids is 1. The highest BCUT2D eigenvalue weighted by molar-refractivity contribution is 6.07. The predicted octanol–water partition coefficient (Wildman–Crippen LogP) is -0.166. The molecule has 0 N–H and O–H groups in total. The fourth-order valence-corrected chi connectivity index (χ4v) is 2.41. The number of benzene rings is 1. The number of allylic oxidation sites excluding steroid dienone is 2. The average molecular weight is 233 g/mol. The molecule has 4 rings (SSSR count). The SMILES string of the molecule is O=C1C=CC=c2cc3c(cc21)=c1cnnnc1=C3. The number of aromatic nitrogens is 3. The zero-order valence-corrected chi connectivity index (χ0v) is 9.29. The lowest BCUT2D eigenvalue weighted by Gasteiger charge is -2.03. The van der Waals surface area contributed by atoms with E-state index < -0.39 is 0 Å². The van der Waals surface area contributed by atoms with Crippen molar-refractivity contribution in [3.63, 3.8) is 0 Å². The van der Waals surface area contributed by atoms with Gasteiger partial charge in [0.25, 0.3) is 0 Å². The maximum Gasteiger partial charge on any atom is 0.186 e.